The highest BCUT2D eigenvalue weighted by atomic mass is 32.2. The second kappa shape index (κ2) is 7.20. The van der Waals surface area contributed by atoms with Crippen molar-refractivity contribution in [3.05, 3.63) is 53.4 Å². The van der Waals surface area contributed by atoms with Crippen LogP contribution in [-0.4, -0.2) is 16.6 Å². The van der Waals surface area contributed by atoms with Crippen LogP contribution in [0.5, 0.6) is 0 Å². The van der Waals surface area contributed by atoms with Crippen molar-refractivity contribution in [2.24, 2.45) is 0 Å². The largest absolute Gasteiger partial charge is 0.431 e. The van der Waals surface area contributed by atoms with Crippen molar-refractivity contribution in [2.45, 2.75) is 5.22 Å². The molecule has 136 valence electrons. The van der Waals surface area contributed by atoms with Gasteiger partial charge >= 0.3 is 0 Å². The van der Waals surface area contributed by atoms with Crippen molar-refractivity contribution in [3.8, 4) is 0 Å². The second-order valence-electron chi connectivity index (χ2n) is 4.85. The standard InChI is InChI=1S/C15H8F5N3O2S/c16-9-10(17)12(19)14(13(20)11(9)18)23-22-8(24)5-26-15-21-6-3-1-2-4-7(6)25-15/h1-4,23H,5H2,(H,22,24). The van der Waals surface area contributed by atoms with E-state index in [9.17, 15) is 26.7 Å². The zero-order valence-electron chi connectivity index (χ0n) is 12.6. The minimum atomic E-state index is -2.29. The van der Waals surface area contributed by atoms with E-state index >= 15 is 0 Å². The number of nitrogens with zero attached hydrogens (tertiary/aromatic N) is 1. The van der Waals surface area contributed by atoms with Crippen LogP contribution in [0.4, 0.5) is 27.6 Å². The number of para-hydroxylation sites is 2. The van der Waals surface area contributed by atoms with E-state index in [1.54, 1.807) is 29.7 Å². The molecular weight excluding hydrogens is 381 g/mol. The van der Waals surface area contributed by atoms with Crippen molar-refractivity contribution >= 4 is 34.5 Å². The van der Waals surface area contributed by atoms with E-state index in [4.69, 9.17) is 4.42 Å². The van der Waals surface area contributed by atoms with Crippen LogP contribution in [-0.2, 0) is 4.79 Å². The fourth-order valence-electron chi connectivity index (χ4n) is 1.92. The maximum absolute atomic E-state index is 13.5. The molecular formula is C15H8F5N3O2S. The first-order valence-electron chi connectivity index (χ1n) is 6.93. The number of anilines is 1. The zero-order valence-corrected chi connectivity index (χ0v) is 13.4. The molecule has 0 aliphatic carbocycles. The van der Waals surface area contributed by atoms with E-state index in [1.807, 2.05) is 5.43 Å². The lowest BCUT2D eigenvalue weighted by Crippen LogP contribution is -2.32. The van der Waals surface area contributed by atoms with Gasteiger partial charge in [0.1, 0.15) is 11.2 Å². The first-order chi connectivity index (χ1) is 12.4. The number of nitrogens with one attached hydrogen (secondary N) is 2. The molecule has 0 atom stereocenters. The minimum absolute atomic E-state index is 0.178. The summed E-state index contributed by atoms with van der Waals surface area (Å²) in [6.45, 7) is 0. The molecule has 0 bridgehead atoms. The summed E-state index contributed by atoms with van der Waals surface area (Å²) in [5.74, 6) is -11.8. The molecule has 0 aliphatic heterocycles. The van der Waals surface area contributed by atoms with Gasteiger partial charge in [-0.25, -0.2) is 26.9 Å². The molecule has 0 saturated carbocycles. The number of carbonyl (C=O) groups excluding carboxylic acids is 1. The SMILES string of the molecule is O=C(CSc1nc2ccccc2o1)NNc1c(F)c(F)c(F)c(F)c1F. The zero-order chi connectivity index (χ0) is 18.8. The van der Waals surface area contributed by atoms with E-state index in [0.717, 1.165) is 11.8 Å². The molecule has 0 aliphatic rings. The highest BCUT2D eigenvalue weighted by Gasteiger charge is 2.26. The molecule has 0 spiro atoms. The molecule has 0 saturated heterocycles. The molecule has 2 N–H and O–H groups in total. The smallest absolute Gasteiger partial charge is 0.257 e. The molecule has 11 heteroatoms. The topological polar surface area (TPSA) is 67.2 Å². The highest BCUT2D eigenvalue weighted by Crippen LogP contribution is 2.27. The quantitative estimate of drug-likeness (QED) is 0.229. The second-order valence-corrected chi connectivity index (χ2v) is 5.78. The highest BCUT2D eigenvalue weighted by molar-refractivity contribution is 7.99. The third-order valence-corrected chi connectivity index (χ3v) is 3.97. The predicted molar refractivity (Wildman–Crippen MR) is 82.7 cm³/mol. The van der Waals surface area contributed by atoms with Crippen molar-refractivity contribution in [1.82, 2.24) is 10.4 Å². The average Bonchev–Trinajstić information content (AvgIpc) is 3.06. The molecule has 5 nitrogen and oxygen atoms in total. The summed E-state index contributed by atoms with van der Waals surface area (Å²) < 4.78 is 71.3. The number of benzene rings is 2. The van der Waals surface area contributed by atoms with Crippen molar-refractivity contribution in [3.63, 3.8) is 0 Å². The van der Waals surface area contributed by atoms with E-state index < -0.39 is 40.7 Å². The van der Waals surface area contributed by atoms with Gasteiger partial charge in [0.25, 0.3) is 5.22 Å². The fraction of sp³-hybridized carbons (Fsp3) is 0.0667. The summed E-state index contributed by atoms with van der Waals surface area (Å²) >= 11 is 0.881. The van der Waals surface area contributed by atoms with Crippen molar-refractivity contribution in [1.29, 1.82) is 0 Å². The van der Waals surface area contributed by atoms with Crippen molar-refractivity contribution in [2.75, 3.05) is 11.2 Å². The number of amides is 1. The van der Waals surface area contributed by atoms with Crippen LogP contribution in [0.2, 0.25) is 0 Å². The van der Waals surface area contributed by atoms with Crippen LogP contribution < -0.4 is 10.9 Å². The van der Waals surface area contributed by atoms with Crippen LogP contribution in [0.1, 0.15) is 0 Å². The van der Waals surface area contributed by atoms with Crippen LogP contribution in [0.25, 0.3) is 11.1 Å². The van der Waals surface area contributed by atoms with Crippen molar-refractivity contribution < 1.29 is 31.2 Å². The maximum Gasteiger partial charge on any atom is 0.257 e. The molecule has 1 aromatic heterocycles. The Morgan fingerprint density at radius 3 is 2.27 bits per heavy atom. The van der Waals surface area contributed by atoms with Gasteiger partial charge in [-0.3, -0.25) is 15.6 Å². The summed E-state index contributed by atoms with van der Waals surface area (Å²) in [6, 6.07) is 6.87. The number of thioether (sulfide) groups is 1. The summed E-state index contributed by atoms with van der Waals surface area (Å²) in [4.78, 5) is 15.8. The lowest BCUT2D eigenvalue weighted by atomic mass is 10.2. The number of hydrazine groups is 1. The Labute approximate surface area is 146 Å². The molecule has 26 heavy (non-hydrogen) atoms. The van der Waals surface area contributed by atoms with E-state index in [0.29, 0.717) is 11.1 Å². The Bertz CT molecular complexity index is 933. The van der Waals surface area contributed by atoms with E-state index in [2.05, 4.69) is 4.98 Å². The fourth-order valence-corrected chi connectivity index (χ4v) is 2.56. The van der Waals surface area contributed by atoms with Gasteiger partial charge < -0.3 is 4.42 Å². The first-order valence-corrected chi connectivity index (χ1v) is 7.91. The third kappa shape index (κ3) is 3.43. The number of rotatable bonds is 5. The normalized spacial score (nSPS) is 11.0. The lowest BCUT2D eigenvalue weighted by Gasteiger charge is -2.11. The third-order valence-electron chi connectivity index (χ3n) is 3.14. The van der Waals surface area contributed by atoms with Gasteiger partial charge in [0.15, 0.2) is 28.9 Å². The van der Waals surface area contributed by atoms with Gasteiger partial charge in [0, 0.05) is 0 Å². The van der Waals surface area contributed by atoms with Gasteiger partial charge in [-0.1, -0.05) is 23.9 Å². The summed E-state index contributed by atoms with van der Waals surface area (Å²) in [6.07, 6.45) is 0. The Morgan fingerprint density at radius 2 is 1.62 bits per heavy atom. The van der Waals surface area contributed by atoms with E-state index in [-0.39, 0.29) is 11.0 Å². The summed E-state index contributed by atoms with van der Waals surface area (Å²) in [5.41, 5.74) is 3.26. The Kier molecular flexibility index (Phi) is 4.98. The van der Waals surface area contributed by atoms with Gasteiger partial charge in [-0.15, -0.1) is 0 Å². The number of carbonyl (C=O) groups is 1. The predicted octanol–water partition coefficient (Wildman–Crippen LogP) is 3.76. The molecule has 3 rings (SSSR count). The van der Waals surface area contributed by atoms with Gasteiger partial charge in [-0.05, 0) is 12.1 Å². The average molecular weight is 389 g/mol. The molecule has 1 heterocycles. The molecule has 0 radical (unpaired) electrons. The number of halogens is 5. The van der Waals surface area contributed by atoms with Crippen LogP contribution in [0.15, 0.2) is 33.9 Å². The minimum Gasteiger partial charge on any atom is -0.431 e. The first kappa shape index (κ1) is 18.0. The molecule has 2 aromatic carbocycles. The Morgan fingerprint density at radius 1 is 1.00 bits per heavy atom. The molecule has 0 unspecified atom stereocenters. The summed E-state index contributed by atoms with van der Waals surface area (Å²) in [7, 11) is 0. The van der Waals surface area contributed by atoms with E-state index in [1.165, 1.54) is 0 Å². The van der Waals surface area contributed by atoms with Crippen LogP contribution in [0, 0.1) is 29.1 Å². The van der Waals surface area contributed by atoms with Gasteiger partial charge in [-0.2, -0.15) is 0 Å². The number of hydrogen-bond donors (Lipinski definition) is 2. The molecule has 3 aromatic rings. The van der Waals surface area contributed by atoms with Crippen LogP contribution in [0.3, 0.4) is 0 Å². The number of oxazole rings is 1. The Hall–Kier alpha value is -2.82. The monoisotopic (exact) mass is 389 g/mol. The molecule has 0 fully saturated rings. The Balaban J connectivity index is 1.62. The molecule has 1 amide bonds. The number of hydrogen-bond acceptors (Lipinski definition) is 5. The lowest BCUT2D eigenvalue weighted by molar-refractivity contribution is -0.118. The van der Waals surface area contributed by atoms with Gasteiger partial charge in [0.2, 0.25) is 11.7 Å². The summed E-state index contributed by atoms with van der Waals surface area (Å²) in [5, 5.41) is 0.178. The number of fused-ring (bicyclic) bond motifs is 1. The maximum atomic E-state index is 13.5. The van der Waals surface area contributed by atoms with Gasteiger partial charge in [0.05, 0.1) is 5.75 Å². The van der Waals surface area contributed by atoms with Crippen LogP contribution >= 0.6 is 11.8 Å². The number of aromatic nitrogens is 1.